The van der Waals surface area contributed by atoms with E-state index in [0.29, 0.717) is 12.2 Å². The van der Waals surface area contributed by atoms with E-state index in [-0.39, 0.29) is 5.56 Å². The minimum Gasteiger partial charge on any atom is -0.478 e. The van der Waals surface area contributed by atoms with Gasteiger partial charge in [0.1, 0.15) is 0 Å². The third-order valence-electron chi connectivity index (χ3n) is 3.38. The number of nitrogen functional groups attached to an aromatic ring is 1. The summed E-state index contributed by atoms with van der Waals surface area (Å²) in [6.07, 6.45) is 3.85. The van der Waals surface area contributed by atoms with Crippen molar-refractivity contribution >= 4 is 17.3 Å². The van der Waals surface area contributed by atoms with Crippen LogP contribution in [0.5, 0.6) is 0 Å². The molecule has 0 aliphatic rings. The van der Waals surface area contributed by atoms with Gasteiger partial charge in [-0.3, -0.25) is 4.68 Å². The Bertz CT molecular complexity index is 636. The van der Waals surface area contributed by atoms with E-state index in [1.165, 1.54) is 6.07 Å². The number of hydrogen-bond donors (Lipinski definition) is 2. The van der Waals surface area contributed by atoms with E-state index in [1.807, 2.05) is 30.9 Å². The SMILES string of the molecule is CCN(Cc1cnn(CC)c1)c1ccc(C(=O)O)cc1N. The van der Waals surface area contributed by atoms with Crippen molar-refractivity contribution in [2.24, 2.45) is 0 Å². The molecule has 21 heavy (non-hydrogen) atoms. The second-order valence-corrected chi connectivity index (χ2v) is 4.80. The maximum atomic E-state index is 11.0. The van der Waals surface area contributed by atoms with Crippen LogP contribution in [0.2, 0.25) is 0 Å². The quantitative estimate of drug-likeness (QED) is 0.796. The molecule has 3 N–H and O–H groups in total. The third kappa shape index (κ3) is 3.34. The summed E-state index contributed by atoms with van der Waals surface area (Å²) in [4.78, 5) is 13.0. The molecule has 0 spiro atoms. The van der Waals surface area contributed by atoms with Crippen molar-refractivity contribution in [1.29, 1.82) is 0 Å². The van der Waals surface area contributed by atoms with Crippen LogP contribution < -0.4 is 10.6 Å². The van der Waals surface area contributed by atoms with Crippen LogP contribution in [0.25, 0.3) is 0 Å². The Labute approximate surface area is 123 Å². The Kier molecular flexibility index (Phi) is 4.47. The molecule has 0 bridgehead atoms. The van der Waals surface area contributed by atoms with Crippen molar-refractivity contribution in [3.05, 3.63) is 41.7 Å². The Morgan fingerprint density at radius 1 is 1.43 bits per heavy atom. The summed E-state index contributed by atoms with van der Waals surface area (Å²) in [6, 6.07) is 4.83. The number of nitrogens with zero attached hydrogens (tertiary/aromatic N) is 3. The molecule has 0 saturated carbocycles. The van der Waals surface area contributed by atoms with Gasteiger partial charge in [0.15, 0.2) is 0 Å². The highest BCUT2D eigenvalue weighted by molar-refractivity contribution is 5.90. The molecule has 2 rings (SSSR count). The molecule has 0 unspecified atom stereocenters. The zero-order valence-corrected chi connectivity index (χ0v) is 12.3. The van der Waals surface area contributed by atoms with E-state index < -0.39 is 5.97 Å². The van der Waals surface area contributed by atoms with Gasteiger partial charge in [-0.2, -0.15) is 5.10 Å². The predicted octanol–water partition coefficient (Wildman–Crippen LogP) is 2.21. The maximum Gasteiger partial charge on any atom is 0.335 e. The molecule has 0 atom stereocenters. The van der Waals surface area contributed by atoms with E-state index >= 15 is 0 Å². The number of aryl methyl sites for hydroxylation is 1. The number of benzene rings is 1. The number of aromatic nitrogens is 2. The van der Waals surface area contributed by atoms with Gasteiger partial charge >= 0.3 is 5.97 Å². The van der Waals surface area contributed by atoms with Gasteiger partial charge in [-0.1, -0.05) is 0 Å². The van der Waals surface area contributed by atoms with Gasteiger partial charge in [-0.05, 0) is 32.0 Å². The number of rotatable bonds is 6. The fourth-order valence-electron chi connectivity index (χ4n) is 2.22. The molecule has 112 valence electrons. The van der Waals surface area contributed by atoms with E-state index in [0.717, 1.165) is 24.3 Å². The van der Waals surface area contributed by atoms with Crippen LogP contribution in [-0.2, 0) is 13.1 Å². The van der Waals surface area contributed by atoms with Gasteiger partial charge in [-0.25, -0.2) is 4.79 Å². The van der Waals surface area contributed by atoms with E-state index in [2.05, 4.69) is 10.00 Å². The molecular formula is C15H20N4O2. The first kappa shape index (κ1) is 14.9. The maximum absolute atomic E-state index is 11.0. The largest absolute Gasteiger partial charge is 0.478 e. The molecule has 0 saturated heterocycles. The van der Waals surface area contributed by atoms with Crippen molar-refractivity contribution in [3.63, 3.8) is 0 Å². The molecule has 0 aliphatic heterocycles. The van der Waals surface area contributed by atoms with E-state index in [1.54, 1.807) is 12.1 Å². The van der Waals surface area contributed by atoms with Gasteiger partial charge < -0.3 is 15.7 Å². The zero-order valence-electron chi connectivity index (χ0n) is 12.3. The van der Waals surface area contributed by atoms with Gasteiger partial charge in [0.05, 0.1) is 23.1 Å². The van der Waals surface area contributed by atoms with Gasteiger partial charge in [0.25, 0.3) is 0 Å². The molecule has 2 aromatic rings. The first-order valence-corrected chi connectivity index (χ1v) is 6.94. The summed E-state index contributed by atoms with van der Waals surface area (Å²) in [5.41, 5.74) is 8.60. The van der Waals surface area contributed by atoms with Crippen molar-refractivity contribution in [2.45, 2.75) is 26.9 Å². The molecule has 0 fully saturated rings. The lowest BCUT2D eigenvalue weighted by Gasteiger charge is -2.24. The molecule has 6 heteroatoms. The van der Waals surface area contributed by atoms with Crippen molar-refractivity contribution < 1.29 is 9.90 Å². The number of hydrogen-bond acceptors (Lipinski definition) is 4. The smallest absolute Gasteiger partial charge is 0.335 e. The van der Waals surface area contributed by atoms with Gasteiger partial charge in [-0.15, -0.1) is 0 Å². The lowest BCUT2D eigenvalue weighted by Crippen LogP contribution is -2.23. The van der Waals surface area contributed by atoms with Crippen LogP contribution in [0.15, 0.2) is 30.6 Å². The summed E-state index contributed by atoms with van der Waals surface area (Å²) in [6.45, 7) is 6.37. The Hall–Kier alpha value is -2.50. The normalized spacial score (nSPS) is 10.6. The first-order chi connectivity index (χ1) is 10.0. The second-order valence-electron chi connectivity index (χ2n) is 4.80. The molecule has 1 aromatic heterocycles. The average Bonchev–Trinajstić information content (AvgIpc) is 2.92. The third-order valence-corrected chi connectivity index (χ3v) is 3.38. The highest BCUT2D eigenvalue weighted by Crippen LogP contribution is 2.25. The van der Waals surface area contributed by atoms with Gasteiger partial charge in [0.2, 0.25) is 0 Å². The van der Waals surface area contributed by atoms with E-state index in [4.69, 9.17) is 10.8 Å². The summed E-state index contributed by atoms with van der Waals surface area (Å²) in [5, 5.41) is 13.2. The number of anilines is 2. The summed E-state index contributed by atoms with van der Waals surface area (Å²) in [7, 11) is 0. The minimum atomic E-state index is -0.972. The molecule has 0 aliphatic carbocycles. The fourth-order valence-corrected chi connectivity index (χ4v) is 2.22. The number of carboxylic acids is 1. The molecule has 1 aromatic carbocycles. The standard InChI is InChI=1S/C15H20N4O2/c1-3-18(9-11-8-17-19(4-2)10-11)14-6-5-12(15(20)21)7-13(14)16/h5-8,10H,3-4,9,16H2,1-2H3,(H,20,21). The van der Waals surface area contributed by atoms with Crippen molar-refractivity contribution in [2.75, 3.05) is 17.2 Å². The monoisotopic (exact) mass is 288 g/mol. The number of nitrogens with two attached hydrogens (primary N) is 1. The Morgan fingerprint density at radius 2 is 2.19 bits per heavy atom. The van der Waals surface area contributed by atoms with Crippen LogP contribution in [0.1, 0.15) is 29.8 Å². The highest BCUT2D eigenvalue weighted by Gasteiger charge is 2.12. The summed E-state index contributed by atoms with van der Waals surface area (Å²) in [5.74, 6) is -0.972. The summed E-state index contributed by atoms with van der Waals surface area (Å²) < 4.78 is 1.88. The lowest BCUT2D eigenvalue weighted by atomic mass is 10.1. The van der Waals surface area contributed by atoms with E-state index in [9.17, 15) is 4.79 Å². The first-order valence-electron chi connectivity index (χ1n) is 6.94. The van der Waals surface area contributed by atoms with Crippen LogP contribution in [0, 0.1) is 0 Å². The van der Waals surface area contributed by atoms with Crippen molar-refractivity contribution in [3.8, 4) is 0 Å². The predicted molar refractivity (Wildman–Crippen MR) is 82.4 cm³/mol. The Morgan fingerprint density at radius 3 is 2.71 bits per heavy atom. The fraction of sp³-hybridized carbons (Fsp3) is 0.333. The Balaban J connectivity index is 2.22. The second kappa shape index (κ2) is 6.30. The number of aromatic carboxylic acids is 1. The van der Waals surface area contributed by atoms with Crippen LogP contribution >= 0.6 is 0 Å². The van der Waals surface area contributed by atoms with Crippen LogP contribution in [-0.4, -0.2) is 27.4 Å². The molecular weight excluding hydrogens is 268 g/mol. The highest BCUT2D eigenvalue weighted by atomic mass is 16.4. The van der Waals surface area contributed by atoms with Crippen molar-refractivity contribution in [1.82, 2.24) is 9.78 Å². The zero-order chi connectivity index (χ0) is 15.4. The molecule has 6 nitrogen and oxygen atoms in total. The topological polar surface area (TPSA) is 84.4 Å². The summed E-state index contributed by atoms with van der Waals surface area (Å²) >= 11 is 0. The van der Waals surface area contributed by atoms with Crippen LogP contribution in [0.4, 0.5) is 11.4 Å². The van der Waals surface area contributed by atoms with Crippen LogP contribution in [0.3, 0.4) is 0 Å². The molecule has 0 amide bonds. The molecule has 0 radical (unpaired) electrons. The number of carboxylic acid groups (broad SMARTS) is 1. The number of carbonyl (C=O) groups is 1. The minimum absolute atomic E-state index is 0.200. The average molecular weight is 288 g/mol. The lowest BCUT2D eigenvalue weighted by molar-refractivity contribution is 0.0697. The molecule has 1 heterocycles. The van der Waals surface area contributed by atoms with Gasteiger partial charge in [0, 0.05) is 31.4 Å².